The lowest BCUT2D eigenvalue weighted by molar-refractivity contribution is 0.336. The number of aromatic nitrogens is 2. The van der Waals surface area contributed by atoms with Crippen LogP contribution in [0.1, 0.15) is 5.69 Å². The maximum Gasteiger partial charge on any atom is 0.337 e. The van der Waals surface area contributed by atoms with Gasteiger partial charge in [-0.2, -0.15) is 15.0 Å². The number of nitriles is 1. The van der Waals surface area contributed by atoms with E-state index in [1.54, 1.807) is 0 Å². The lowest BCUT2D eigenvalue weighted by atomic mass is 10.3. The SMILES string of the molecule is N#Cc1cc(NO[PH](=O)O)n(-c2ccc(F)cc2)n1. The summed E-state index contributed by atoms with van der Waals surface area (Å²) in [6.45, 7) is 0. The first-order valence-electron chi connectivity index (χ1n) is 5.02. The predicted octanol–water partition coefficient (Wildman–Crippen LogP) is 1.61. The number of nitrogens with one attached hydrogen (secondary N) is 1. The fourth-order valence-corrected chi connectivity index (χ4v) is 1.58. The van der Waals surface area contributed by atoms with Gasteiger partial charge in [0.25, 0.3) is 0 Å². The van der Waals surface area contributed by atoms with E-state index in [1.165, 1.54) is 35.0 Å². The van der Waals surface area contributed by atoms with Crippen molar-refractivity contribution in [2.75, 3.05) is 5.48 Å². The molecule has 0 saturated heterocycles. The maximum absolute atomic E-state index is 12.8. The molecule has 2 aromatic rings. The van der Waals surface area contributed by atoms with Gasteiger partial charge in [-0.25, -0.2) is 14.6 Å². The number of nitrogens with zero attached hydrogens (tertiary/aromatic N) is 3. The summed E-state index contributed by atoms with van der Waals surface area (Å²) in [6.07, 6.45) is 0. The molecule has 0 aliphatic heterocycles. The summed E-state index contributed by atoms with van der Waals surface area (Å²) in [4.78, 5) is 8.59. The van der Waals surface area contributed by atoms with Gasteiger partial charge in [-0.1, -0.05) is 0 Å². The zero-order valence-electron chi connectivity index (χ0n) is 9.37. The molecule has 7 nitrogen and oxygen atoms in total. The summed E-state index contributed by atoms with van der Waals surface area (Å²) >= 11 is 0. The Labute approximate surface area is 107 Å². The fraction of sp³-hybridized carbons (Fsp3) is 0. The molecular weight excluding hydrogens is 274 g/mol. The van der Waals surface area contributed by atoms with Gasteiger partial charge >= 0.3 is 8.25 Å². The van der Waals surface area contributed by atoms with Crippen LogP contribution in [0.25, 0.3) is 5.69 Å². The van der Waals surface area contributed by atoms with E-state index in [0.717, 1.165) is 0 Å². The maximum atomic E-state index is 12.8. The van der Waals surface area contributed by atoms with Crippen LogP contribution in [0.5, 0.6) is 0 Å². The smallest absolute Gasteiger partial charge is 0.325 e. The van der Waals surface area contributed by atoms with Crippen LogP contribution >= 0.6 is 8.25 Å². The highest BCUT2D eigenvalue weighted by atomic mass is 31.1. The minimum Gasteiger partial charge on any atom is -0.325 e. The van der Waals surface area contributed by atoms with Gasteiger partial charge in [-0.3, -0.25) is 4.57 Å². The summed E-state index contributed by atoms with van der Waals surface area (Å²) in [5.41, 5.74) is 2.76. The third-order valence-electron chi connectivity index (χ3n) is 2.14. The third-order valence-corrected chi connectivity index (χ3v) is 2.41. The topological polar surface area (TPSA) is 100 Å². The second-order valence-electron chi connectivity index (χ2n) is 3.38. The van der Waals surface area contributed by atoms with Crippen LogP contribution in [-0.2, 0) is 9.19 Å². The van der Waals surface area contributed by atoms with Gasteiger partial charge in [0, 0.05) is 6.07 Å². The van der Waals surface area contributed by atoms with Crippen LogP contribution in [0.3, 0.4) is 0 Å². The highest BCUT2D eigenvalue weighted by Crippen LogP contribution is 2.21. The minimum absolute atomic E-state index is 0.0769. The molecule has 0 aliphatic rings. The Morgan fingerprint density at radius 2 is 2.16 bits per heavy atom. The third kappa shape index (κ3) is 3.17. The molecule has 1 heterocycles. The van der Waals surface area contributed by atoms with Gasteiger partial charge in [-0.15, -0.1) is 0 Å². The molecule has 0 radical (unpaired) electrons. The van der Waals surface area contributed by atoms with Gasteiger partial charge in [-0.05, 0) is 24.3 Å². The number of rotatable bonds is 4. The van der Waals surface area contributed by atoms with Crippen molar-refractivity contribution >= 4 is 14.1 Å². The van der Waals surface area contributed by atoms with Crippen LogP contribution in [0.15, 0.2) is 30.3 Å². The van der Waals surface area contributed by atoms with E-state index < -0.39 is 14.1 Å². The highest BCUT2D eigenvalue weighted by molar-refractivity contribution is 7.32. The van der Waals surface area contributed by atoms with Gasteiger partial charge < -0.3 is 4.89 Å². The van der Waals surface area contributed by atoms with Crippen LogP contribution in [0, 0.1) is 17.1 Å². The number of hydrogen-bond acceptors (Lipinski definition) is 5. The molecule has 0 fully saturated rings. The molecule has 1 aromatic heterocycles. The molecule has 9 heteroatoms. The second-order valence-corrected chi connectivity index (χ2v) is 4.12. The average molecular weight is 282 g/mol. The van der Waals surface area contributed by atoms with Crippen molar-refractivity contribution in [2.24, 2.45) is 0 Å². The normalized spacial score (nSPS) is 11.8. The van der Waals surface area contributed by atoms with Gasteiger partial charge in [0.05, 0.1) is 5.69 Å². The zero-order valence-corrected chi connectivity index (χ0v) is 10.4. The fourth-order valence-electron chi connectivity index (χ4n) is 1.38. The summed E-state index contributed by atoms with van der Waals surface area (Å²) in [6, 6.07) is 8.48. The summed E-state index contributed by atoms with van der Waals surface area (Å²) < 4.78 is 29.0. The van der Waals surface area contributed by atoms with Gasteiger partial charge in [0.1, 0.15) is 11.9 Å². The van der Waals surface area contributed by atoms with E-state index in [4.69, 9.17) is 10.2 Å². The van der Waals surface area contributed by atoms with Gasteiger partial charge in [0.15, 0.2) is 11.5 Å². The summed E-state index contributed by atoms with van der Waals surface area (Å²) in [5, 5.41) is 12.7. The van der Waals surface area contributed by atoms with Gasteiger partial charge in [0.2, 0.25) is 0 Å². The summed E-state index contributed by atoms with van der Waals surface area (Å²) in [7, 11) is -3.18. The standard InChI is InChI=1S/C10H8FN4O3P/c11-7-1-3-9(4-2-7)15-10(14-18-19(16)17)5-8(6-12)13-15/h1-5,14,19H,(H,16,17). The molecule has 1 unspecified atom stereocenters. The van der Waals surface area contributed by atoms with Crippen LogP contribution in [0.4, 0.5) is 10.2 Å². The van der Waals surface area contributed by atoms with Crippen LogP contribution in [-0.4, -0.2) is 14.7 Å². The van der Waals surface area contributed by atoms with E-state index in [1.807, 2.05) is 6.07 Å². The molecule has 1 atom stereocenters. The quantitative estimate of drug-likeness (QED) is 0.652. The first-order valence-corrected chi connectivity index (χ1v) is 6.28. The van der Waals surface area contributed by atoms with Crippen molar-refractivity contribution in [3.05, 3.63) is 41.8 Å². The molecule has 0 bridgehead atoms. The predicted molar refractivity (Wildman–Crippen MR) is 64.2 cm³/mol. The largest absolute Gasteiger partial charge is 0.337 e. The first kappa shape index (κ1) is 13.2. The molecule has 0 spiro atoms. The first-order chi connectivity index (χ1) is 9.10. The molecule has 2 rings (SSSR count). The van der Waals surface area contributed by atoms with Crippen LogP contribution in [0.2, 0.25) is 0 Å². The van der Waals surface area contributed by atoms with Crippen molar-refractivity contribution in [3.63, 3.8) is 0 Å². The Bertz CT molecular complexity index is 650. The lowest BCUT2D eigenvalue weighted by Crippen LogP contribution is -2.04. The van der Waals surface area contributed by atoms with Crippen molar-refractivity contribution in [1.82, 2.24) is 9.78 Å². The number of halogens is 1. The molecule has 1 aromatic carbocycles. The monoisotopic (exact) mass is 282 g/mol. The van der Waals surface area contributed by atoms with E-state index in [0.29, 0.717) is 5.69 Å². The Hall–Kier alpha value is -2.20. The van der Waals surface area contributed by atoms with Crippen LogP contribution < -0.4 is 5.48 Å². The molecule has 98 valence electrons. The van der Waals surface area contributed by atoms with Crippen molar-refractivity contribution in [1.29, 1.82) is 5.26 Å². The molecule has 2 N–H and O–H groups in total. The Kier molecular flexibility index (Phi) is 3.92. The minimum atomic E-state index is -3.18. The molecule has 0 saturated carbocycles. The Morgan fingerprint density at radius 3 is 2.74 bits per heavy atom. The second kappa shape index (κ2) is 5.63. The van der Waals surface area contributed by atoms with Crippen molar-refractivity contribution in [3.8, 4) is 11.8 Å². The molecule has 0 aliphatic carbocycles. The zero-order chi connectivity index (χ0) is 13.8. The number of hydrogen-bond donors (Lipinski definition) is 2. The number of benzene rings is 1. The average Bonchev–Trinajstić information content (AvgIpc) is 2.80. The highest BCUT2D eigenvalue weighted by Gasteiger charge is 2.10. The van der Waals surface area contributed by atoms with Crippen molar-refractivity contribution in [2.45, 2.75) is 0 Å². The molecule has 0 amide bonds. The van der Waals surface area contributed by atoms with E-state index in [2.05, 4.69) is 15.2 Å². The van der Waals surface area contributed by atoms with E-state index >= 15 is 0 Å². The van der Waals surface area contributed by atoms with E-state index in [-0.39, 0.29) is 11.5 Å². The Morgan fingerprint density at radius 1 is 1.47 bits per heavy atom. The van der Waals surface area contributed by atoms with E-state index in [9.17, 15) is 8.96 Å². The number of anilines is 1. The lowest BCUT2D eigenvalue weighted by Gasteiger charge is -2.07. The summed E-state index contributed by atoms with van der Waals surface area (Å²) in [5.74, 6) is -0.238. The molecular formula is C10H8FN4O3P. The molecule has 19 heavy (non-hydrogen) atoms. The Balaban J connectivity index is 2.37. The van der Waals surface area contributed by atoms with Crippen molar-refractivity contribution < 1.29 is 18.5 Å².